The summed E-state index contributed by atoms with van der Waals surface area (Å²) in [5.74, 6) is -0.893. The number of rotatable bonds is 5. The number of benzene rings is 1. The Morgan fingerprint density at radius 1 is 1.12 bits per heavy atom. The molecule has 0 aliphatic carbocycles. The highest BCUT2D eigenvalue weighted by Crippen LogP contribution is 2.31. The Balaban J connectivity index is 2.36. The van der Waals surface area contributed by atoms with Gasteiger partial charge in [-0.15, -0.1) is 0 Å². The predicted octanol–water partition coefficient (Wildman–Crippen LogP) is 4.21. The summed E-state index contributed by atoms with van der Waals surface area (Å²) in [4.78, 5) is 7.42. The molecule has 2 rings (SSSR count). The minimum atomic E-state index is -4.63. The number of nitrogens with zero attached hydrogens (tertiary/aromatic N) is 2. The van der Waals surface area contributed by atoms with Gasteiger partial charge in [0.2, 0.25) is 5.95 Å². The number of halogens is 4. The minimum absolute atomic E-state index is 0.0291. The van der Waals surface area contributed by atoms with Crippen LogP contribution in [0.3, 0.4) is 0 Å². The molecule has 0 aliphatic heterocycles. The molecule has 0 atom stereocenters. The first-order valence-corrected chi connectivity index (χ1v) is 7.02. The normalized spacial score (nSPS) is 11.5. The summed E-state index contributed by atoms with van der Waals surface area (Å²) in [5.41, 5.74) is -0.868. The fraction of sp³-hybridized carbons (Fsp3) is 0.333. The molecule has 130 valence electrons. The van der Waals surface area contributed by atoms with Crippen LogP contribution in [0.4, 0.5) is 35.0 Å². The third-order valence-electron chi connectivity index (χ3n) is 2.86. The van der Waals surface area contributed by atoms with Gasteiger partial charge in [-0.1, -0.05) is 0 Å². The number of nitrogens with one attached hydrogen (secondary N) is 2. The number of hydrogen-bond acceptors (Lipinski definition) is 5. The number of alkyl halides is 3. The van der Waals surface area contributed by atoms with E-state index >= 15 is 0 Å². The van der Waals surface area contributed by atoms with Crippen molar-refractivity contribution in [2.75, 3.05) is 17.7 Å². The lowest BCUT2D eigenvalue weighted by Gasteiger charge is -2.14. The van der Waals surface area contributed by atoms with Gasteiger partial charge in [-0.05, 0) is 26.0 Å². The van der Waals surface area contributed by atoms with E-state index in [4.69, 9.17) is 4.74 Å². The average molecular weight is 344 g/mol. The Bertz CT molecular complexity index is 719. The van der Waals surface area contributed by atoms with E-state index in [0.717, 1.165) is 12.1 Å². The minimum Gasteiger partial charge on any atom is -0.494 e. The lowest BCUT2D eigenvalue weighted by Crippen LogP contribution is -2.17. The van der Waals surface area contributed by atoms with Crippen LogP contribution in [-0.2, 0) is 6.18 Å². The van der Waals surface area contributed by atoms with Gasteiger partial charge in [0.15, 0.2) is 17.3 Å². The van der Waals surface area contributed by atoms with E-state index in [-0.39, 0.29) is 29.2 Å². The SMILES string of the molecule is COc1ccc(Nc2cc(C(F)(F)F)nc(NC(C)C)n2)cc1F. The molecule has 5 nitrogen and oxygen atoms in total. The Kier molecular flexibility index (Phi) is 5.10. The largest absolute Gasteiger partial charge is 0.494 e. The third-order valence-corrected chi connectivity index (χ3v) is 2.86. The van der Waals surface area contributed by atoms with Crippen molar-refractivity contribution in [3.63, 3.8) is 0 Å². The maximum absolute atomic E-state index is 13.7. The predicted molar refractivity (Wildman–Crippen MR) is 82.0 cm³/mol. The molecule has 24 heavy (non-hydrogen) atoms. The first-order valence-electron chi connectivity index (χ1n) is 7.02. The van der Waals surface area contributed by atoms with Gasteiger partial charge in [0.1, 0.15) is 5.82 Å². The van der Waals surface area contributed by atoms with E-state index in [2.05, 4.69) is 20.6 Å². The molecule has 1 heterocycles. The Hall–Kier alpha value is -2.58. The molecule has 2 N–H and O–H groups in total. The topological polar surface area (TPSA) is 59.1 Å². The van der Waals surface area contributed by atoms with Gasteiger partial charge >= 0.3 is 6.18 Å². The second-order valence-electron chi connectivity index (χ2n) is 5.23. The Labute approximate surface area is 136 Å². The molecule has 1 aromatic carbocycles. The van der Waals surface area contributed by atoms with Crippen LogP contribution in [0, 0.1) is 5.82 Å². The molecule has 1 aromatic heterocycles. The molecule has 0 fully saturated rings. The number of ether oxygens (including phenoxy) is 1. The lowest BCUT2D eigenvalue weighted by molar-refractivity contribution is -0.141. The molecule has 0 saturated heterocycles. The molecule has 0 unspecified atom stereocenters. The van der Waals surface area contributed by atoms with E-state index < -0.39 is 17.7 Å². The molecule has 0 spiro atoms. The second-order valence-corrected chi connectivity index (χ2v) is 5.23. The monoisotopic (exact) mass is 344 g/mol. The Morgan fingerprint density at radius 3 is 2.38 bits per heavy atom. The smallest absolute Gasteiger partial charge is 0.433 e. The van der Waals surface area contributed by atoms with E-state index in [9.17, 15) is 17.6 Å². The van der Waals surface area contributed by atoms with Gasteiger partial charge in [0, 0.05) is 23.9 Å². The fourth-order valence-electron chi connectivity index (χ4n) is 1.87. The zero-order valence-corrected chi connectivity index (χ0v) is 13.2. The number of methoxy groups -OCH3 is 1. The van der Waals surface area contributed by atoms with E-state index in [1.807, 2.05) is 0 Å². The molecular weight excluding hydrogens is 328 g/mol. The summed E-state index contributed by atoms with van der Waals surface area (Å²) in [7, 11) is 1.31. The molecule has 0 bridgehead atoms. The van der Waals surface area contributed by atoms with Crippen LogP contribution in [0.2, 0.25) is 0 Å². The van der Waals surface area contributed by atoms with Crippen LogP contribution in [0.5, 0.6) is 5.75 Å². The highest BCUT2D eigenvalue weighted by atomic mass is 19.4. The van der Waals surface area contributed by atoms with Crippen molar-refractivity contribution in [2.24, 2.45) is 0 Å². The van der Waals surface area contributed by atoms with Gasteiger partial charge in [0.25, 0.3) is 0 Å². The molecule has 2 aromatic rings. The van der Waals surface area contributed by atoms with Crippen LogP contribution >= 0.6 is 0 Å². The molecular formula is C15H16F4N4O. The van der Waals surface area contributed by atoms with Gasteiger partial charge in [-0.25, -0.2) is 9.37 Å². The molecule has 9 heteroatoms. The molecule has 0 radical (unpaired) electrons. The van der Waals surface area contributed by atoms with Gasteiger partial charge in [0.05, 0.1) is 7.11 Å². The molecule has 0 saturated carbocycles. The summed E-state index contributed by atoms with van der Waals surface area (Å²) in [6.07, 6.45) is -4.63. The van der Waals surface area contributed by atoms with Gasteiger partial charge in [-0.2, -0.15) is 18.2 Å². The first kappa shape index (κ1) is 17.8. The lowest BCUT2D eigenvalue weighted by atomic mass is 10.3. The maximum Gasteiger partial charge on any atom is 0.433 e. The zero-order valence-electron chi connectivity index (χ0n) is 13.2. The highest BCUT2D eigenvalue weighted by molar-refractivity contribution is 5.59. The summed E-state index contributed by atoms with van der Waals surface area (Å²) in [5, 5.41) is 5.35. The van der Waals surface area contributed by atoms with Crippen molar-refractivity contribution in [1.82, 2.24) is 9.97 Å². The van der Waals surface area contributed by atoms with Crippen LogP contribution < -0.4 is 15.4 Å². The third kappa shape index (κ3) is 4.46. The van der Waals surface area contributed by atoms with E-state index in [0.29, 0.717) is 0 Å². The maximum atomic E-state index is 13.7. The highest BCUT2D eigenvalue weighted by Gasteiger charge is 2.33. The van der Waals surface area contributed by atoms with E-state index in [1.165, 1.54) is 19.2 Å². The van der Waals surface area contributed by atoms with Crippen LogP contribution in [0.15, 0.2) is 24.3 Å². The average Bonchev–Trinajstić information content (AvgIpc) is 2.45. The van der Waals surface area contributed by atoms with Crippen LogP contribution in [0.1, 0.15) is 19.5 Å². The van der Waals surface area contributed by atoms with Gasteiger partial charge < -0.3 is 15.4 Å². The van der Waals surface area contributed by atoms with Crippen LogP contribution in [-0.4, -0.2) is 23.1 Å². The van der Waals surface area contributed by atoms with Crippen molar-refractivity contribution < 1.29 is 22.3 Å². The summed E-state index contributed by atoms with van der Waals surface area (Å²) >= 11 is 0. The number of hydrogen-bond donors (Lipinski definition) is 2. The fourth-order valence-corrected chi connectivity index (χ4v) is 1.87. The zero-order chi connectivity index (χ0) is 17.9. The van der Waals surface area contributed by atoms with Crippen molar-refractivity contribution >= 4 is 17.5 Å². The Morgan fingerprint density at radius 2 is 1.83 bits per heavy atom. The van der Waals surface area contributed by atoms with Crippen LogP contribution in [0.25, 0.3) is 0 Å². The standard InChI is InChI=1S/C15H16F4N4O/c1-8(2)20-14-22-12(15(17,18)19)7-13(23-14)21-9-4-5-11(24-3)10(16)6-9/h4-8H,1-3H3,(H2,20,21,22,23). The van der Waals surface area contributed by atoms with E-state index in [1.54, 1.807) is 13.8 Å². The molecule has 0 aliphatic rings. The summed E-state index contributed by atoms with van der Waals surface area (Å²) < 4.78 is 57.4. The number of aromatic nitrogens is 2. The van der Waals surface area contributed by atoms with Crippen molar-refractivity contribution in [3.05, 3.63) is 35.8 Å². The molecule has 0 amide bonds. The summed E-state index contributed by atoms with van der Waals surface area (Å²) in [6.45, 7) is 3.49. The van der Waals surface area contributed by atoms with Crippen molar-refractivity contribution in [2.45, 2.75) is 26.1 Å². The van der Waals surface area contributed by atoms with Crippen molar-refractivity contribution in [1.29, 1.82) is 0 Å². The quantitative estimate of drug-likeness (QED) is 0.796. The first-order chi connectivity index (χ1) is 11.2. The van der Waals surface area contributed by atoms with Gasteiger partial charge in [-0.3, -0.25) is 0 Å². The van der Waals surface area contributed by atoms with Crippen molar-refractivity contribution in [3.8, 4) is 5.75 Å². The summed E-state index contributed by atoms with van der Waals surface area (Å²) in [6, 6.07) is 4.53. The number of anilines is 3. The second kappa shape index (κ2) is 6.90.